The van der Waals surface area contributed by atoms with Gasteiger partial charge in [-0.2, -0.15) is 0 Å². The number of halogens is 1. The Balaban J connectivity index is 0. The zero-order valence-corrected chi connectivity index (χ0v) is 18.5. The zero-order chi connectivity index (χ0) is 21.5. The summed E-state index contributed by atoms with van der Waals surface area (Å²) in [5.74, 6) is 0.195. The minimum atomic E-state index is 0. The Morgan fingerprint density at radius 3 is 2.10 bits per heavy atom. The predicted molar refractivity (Wildman–Crippen MR) is 104 cm³/mol. The molecule has 3 rings (SSSR count). The Morgan fingerprint density at radius 1 is 1.00 bits per heavy atom. The van der Waals surface area contributed by atoms with E-state index in [4.69, 9.17) is 14.0 Å². The summed E-state index contributed by atoms with van der Waals surface area (Å²) in [5.41, 5.74) is 3.70. The number of nitrogens with zero attached hydrogens (tertiary/aromatic N) is 1. The summed E-state index contributed by atoms with van der Waals surface area (Å²) in [4.78, 5) is 14.1. The van der Waals surface area contributed by atoms with Crippen molar-refractivity contribution in [3.63, 3.8) is 0 Å². The van der Waals surface area contributed by atoms with Gasteiger partial charge in [-0.15, -0.1) is 0 Å². The molecular weight excluding hydrogens is 474 g/mol. The standard InChI is InChI=1S/C19H18BrNO.3CO.Cr/c1-14-4-2-3-5-18(14)19-12-17(22)10-11-21(19)13-15-6-8-16(20)9-7-15;3*1-2;/h2-11,19H,12-13H2,1H3;;;;/t19-;;;;/m0..../s1. The molecule has 2 aromatic carbocycles. The van der Waals surface area contributed by atoms with Crippen LogP contribution >= 0.6 is 15.9 Å². The van der Waals surface area contributed by atoms with Gasteiger partial charge in [0.2, 0.25) is 0 Å². The van der Waals surface area contributed by atoms with Gasteiger partial charge in [0.25, 0.3) is 0 Å². The summed E-state index contributed by atoms with van der Waals surface area (Å²) in [6.45, 7) is 16.4. The van der Waals surface area contributed by atoms with Crippen molar-refractivity contribution in [1.29, 1.82) is 0 Å². The van der Waals surface area contributed by atoms with Crippen LogP contribution in [-0.2, 0) is 42.7 Å². The molecule has 29 heavy (non-hydrogen) atoms. The molecule has 1 atom stereocenters. The van der Waals surface area contributed by atoms with E-state index in [0.29, 0.717) is 6.42 Å². The molecule has 2 aromatic rings. The molecular formula is C22H18BrCrNO4. The van der Waals surface area contributed by atoms with Crippen molar-refractivity contribution < 1.29 is 36.1 Å². The SMILES string of the molecule is Cc1ccccc1[C@@H]1CC(=O)C=CN1Cc1ccc(Br)cc1.[C-]#[O+].[C-]#[O+].[C-]#[O+].[Cr]. The summed E-state index contributed by atoms with van der Waals surface area (Å²) in [6.07, 6.45) is 4.16. The van der Waals surface area contributed by atoms with Crippen LogP contribution < -0.4 is 0 Å². The Morgan fingerprint density at radius 2 is 1.55 bits per heavy atom. The molecule has 0 fully saturated rings. The fraction of sp³-hybridized carbons (Fsp3) is 0.182. The van der Waals surface area contributed by atoms with Crippen LogP contribution in [0.15, 0.2) is 65.3 Å². The first kappa shape index (κ1) is 29.1. The average Bonchev–Trinajstić information content (AvgIpc) is 2.76. The predicted octanol–water partition coefficient (Wildman–Crippen LogP) is 4.67. The maximum absolute atomic E-state index is 11.9. The Hall–Kier alpha value is -2.12. The zero-order valence-electron chi connectivity index (χ0n) is 15.6. The van der Waals surface area contributed by atoms with Crippen LogP contribution in [0.2, 0.25) is 0 Å². The first-order valence-corrected chi connectivity index (χ1v) is 8.81. The van der Waals surface area contributed by atoms with Crippen LogP contribution in [0.3, 0.4) is 0 Å². The molecule has 5 nitrogen and oxygen atoms in total. The molecule has 1 heterocycles. The Bertz CT molecular complexity index is 830. The summed E-state index contributed by atoms with van der Waals surface area (Å²) < 4.78 is 23.6. The van der Waals surface area contributed by atoms with Gasteiger partial charge in [-0.05, 0) is 41.8 Å². The van der Waals surface area contributed by atoms with Gasteiger partial charge in [-0.1, -0.05) is 52.3 Å². The monoisotopic (exact) mass is 491 g/mol. The first-order valence-electron chi connectivity index (χ1n) is 8.01. The number of ketones is 1. The maximum atomic E-state index is 11.9. The van der Waals surface area contributed by atoms with Gasteiger partial charge in [0, 0.05) is 41.0 Å². The van der Waals surface area contributed by atoms with Crippen molar-refractivity contribution >= 4 is 21.7 Å². The average molecular weight is 492 g/mol. The van der Waals surface area contributed by atoms with Crippen LogP contribution in [0.1, 0.15) is 29.2 Å². The van der Waals surface area contributed by atoms with Gasteiger partial charge < -0.3 is 4.90 Å². The van der Waals surface area contributed by atoms with E-state index in [9.17, 15) is 4.79 Å². The van der Waals surface area contributed by atoms with Crippen molar-refractivity contribution in [3.05, 3.63) is 102 Å². The second-order valence-corrected chi connectivity index (χ2v) is 6.57. The number of hydrogen-bond donors (Lipinski definition) is 0. The molecule has 0 saturated heterocycles. The van der Waals surface area contributed by atoms with E-state index in [1.54, 1.807) is 6.08 Å². The van der Waals surface area contributed by atoms with Crippen molar-refractivity contribution in [3.8, 4) is 0 Å². The van der Waals surface area contributed by atoms with Gasteiger partial charge in [-0.25, -0.2) is 0 Å². The summed E-state index contributed by atoms with van der Waals surface area (Å²) in [6, 6.07) is 16.8. The number of carbonyl (C=O) groups excluding carboxylic acids is 1. The number of allylic oxidation sites excluding steroid dienone is 1. The van der Waals surface area contributed by atoms with Crippen LogP contribution in [-0.4, -0.2) is 10.7 Å². The minimum Gasteiger partial charge on any atom is 0 e. The van der Waals surface area contributed by atoms with Crippen LogP contribution in [0.25, 0.3) is 0 Å². The normalized spacial score (nSPS) is 13.7. The molecule has 148 valence electrons. The molecule has 0 bridgehead atoms. The summed E-state index contributed by atoms with van der Waals surface area (Å²) in [5, 5.41) is 0. The topological polar surface area (TPSA) is 80.0 Å². The van der Waals surface area contributed by atoms with Crippen LogP contribution in [0, 0.1) is 26.9 Å². The molecule has 0 aromatic heterocycles. The van der Waals surface area contributed by atoms with E-state index in [1.807, 2.05) is 18.3 Å². The van der Waals surface area contributed by atoms with E-state index in [0.717, 1.165) is 11.0 Å². The number of carbonyl (C=O) groups is 1. The Labute approximate surface area is 190 Å². The fourth-order valence-electron chi connectivity index (χ4n) is 2.87. The van der Waals surface area contributed by atoms with Crippen molar-refractivity contribution in [2.24, 2.45) is 0 Å². The van der Waals surface area contributed by atoms with E-state index >= 15 is 0 Å². The quantitative estimate of drug-likeness (QED) is 0.461. The van der Waals surface area contributed by atoms with Crippen LogP contribution in [0.4, 0.5) is 0 Å². The number of aryl methyl sites for hydroxylation is 1. The second-order valence-electron chi connectivity index (χ2n) is 5.66. The van der Waals surface area contributed by atoms with Crippen molar-refractivity contribution in [1.82, 2.24) is 4.90 Å². The maximum Gasteiger partial charge on any atom is 0 e. The molecule has 7 heteroatoms. The smallest absolute Gasteiger partial charge is 0 e. The van der Waals surface area contributed by atoms with Crippen LogP contribution in [0.5, 0.6) is 0 Å². The minimum absolute atomic E-state index is 0. The van der Waals surface area contributed by atoms with Crippen molar-refractivity contribution in [2.75, 3.05) is 0 Å². The third kappa shape index (κ3) is 9.28. The Kier molecular flexibility index (Phi) is 16.9. The van der Waals surface area contributed by atoms with Gasteiger partial charge in [-0.3, -0.25) is 4.79 Å². The van der Waals surface area contributed by atoms with E-state index in [1.165, 1.54) is 16.7 Å². The van der Waals surface area contributed by atoms with Gasteiger partial charge in [0.05, 0.1) is 6.04 Å². The van der Waals surface area contributed by atoms with Gasteiger partial charge >= 0.3 is 33.9 Å². The summed E-state index contributed by atoms with van der Waals surface area (Å²) in [7, 11) is 0. The molecule has 0 aliphatic carbocycles. The molecule has 0 unspecified atom stereocenters. The van der Waals surface area contributed by atoms with Gasteiger partial charge in [0.1, 0.15) is 0 Å². The van der Waals surface area contributed by atoms with Gasteiger partial charge in [0.15, 0.2) is 5.78 Å². The van der Waals surface area contributed by atoms with E-state index < -0.39 is 0 Å². The second kappa shape index (κ2) is 16.8. The first-order chi connectivity index (χ1) is 13.6. The summed E-state index contributed by atoms with van der Waals surface area (Å²) >= 11 is 3.46. The molecule has 0 amide bonds. The molecule has 1 aliphatic rings. The number of hydrogen-bond acceptors (Lipinski definition) is 2. The molecule has 0 saturated carbocycles. The molecule has 0 spiro atoms. The van der Waals surface area contributed by atoms with Crippen molar-refractivity contribution in [2.45, 2.75) is 25.9 Å². The van der Waals surface area contributed by atoms with E-state index in [-0.39, 0.29) is 29.2 Å². The largest absolute Gasteiger partial charge is 0 e. The molecule has 0 radical (unpaired) electrons. The molecule has 1 aliphatic heterocycles. The third-order valence-electron chi connectivity index (χ3n) is 4.07. The molecule has 0 N–H and O–H groups in total. The van der Waals surface area contributed by atoms with E-state index in [2.05, 4.69) is 84.1 Å². The number of rotatable bonds is 3. The number of benzene rings is 2. The third-order valence-corrected chi connectivity index (χ3v) is 4.60. The fourth-order valence-corrected chi connectivity index (χ4v) is 3.14.